The number of hydrogen-bond acceptors (Lipinski definition) is 8. The van der Waals surface area contributed by atoms with Crippen LogP contribution in [-0.2, 0) is 47.8 Å². The maximum Gasteiger partial charge on any atom is 0.407 e. The molecule has 0 aliphatic heterocycles. The van der Waals surface area contributed by atoms with Gasteiger partial charge in [0.1, 0.15) is 18.4 Å². The van der Waals surface area contributed by atoms with Gasteiger partial charge in [-0.2, -0.15) is 0 Å². The van der Waals surface area contributed by atoms with Crippen molar-refractivity contribution in [3.63, 3.8) is 0 Å². The Kier molecular flexibility index (Phi) is 17.7. The highest BCUT2D eigenvalue weighted by atomic mass is 31.2. The first-order chi connectivity index (χ1) is 24.1. The Bertz CT molecular complexity index is 1430. The SMILES string of the molecule is CC[C@@H](N[C@@H](CC(C)C)C(=O)N[C@@H](CCCCNC(=O)OCc1ccccc1)C(=O)NC)P(=O)(OCc1ccccc1)OCc1ccccc1. The van der Waals surface area contributed by atoms with E-state index in [1.807, 2.05) is 112 Å². The Morgan fingerprint density at radius 3 is 1.72 bits per heavy atom. The van der Waals surface area contributed by atoms with Crippen LogP contribution in [0.15, 0.2) is 91.0 Å². The van der Waals surface area contributed by atoms with Crippen LogP contribution in [0.1, 0.15) is 69.6 Å². The Labute approximate surface area is 296 Å². The van der Waals surface area contributed by atoms with Gasteiger partial charge in [-0.1, -0.05) is 112 Å². The fraction of sp³-hybridized carbons (Fsp3) is 0.447. The second kappa shape index (κ2) is 21.9. The molecule has 12 heteroatoms. The Hall–Kier alpha value is -4.02. The quantitative estimate of drug-likeness (QED) is 0.0669. The van der Waals surface area contributed by atoms with Crippen molar-refractivity contribution in [3.05, 3.63) is 108 Å². The molecular formula is C38H53N4O7P. The third-order valence-corrected chi connectivity index (χ3v) is 10.2. The molecule has 0 heterocycles. The molecule has 3 aromatic carbocycles. The Morgan fingerprint density at radius 2 is 1.24 bits per heavy atom. The van der Waals surface area contributed by atoms with Crippen LogP contribution >= 0.6 is 7.60 Å². The van der Waals surface area contributed by atoms with Gasteiger partial charge in [0.05, 0.1) is 19.3 Å². The van der Waals surface area contributed by atoms with E-state index in [1.165, 1.54) is 7.05 Å². The minimum Gasteiger partial charge on any atom is -0.445 e. The lowest BCUT2D eigenvalue weighted by Crippen LogP contribution is -2.54. The summed E-state index contributed by atoms with van der Waals surface area (Å²) in [6.45, 7) is 6.54. The third kappa shape index (κ3) is 14.5. The molecule has 3 aromatic rings. The maximum absolute atomic E-state index is 14.5. The second-order valence-electron chi connectivity index (χ2n) is 12.5. The summed E-state index contributed by atoms with van der Waals surface area (Å²) in [5, 5.41) is 11.6. The van der Waals surface area contributed by atoms with E-state index < -0.39 is 31.6 Å². The minimum absolute atomic E-state index is 0.0739. The van der Waals surface area contributed by atoms with Gasteiger partial charge in [0.25, 0.3) is 0 Å². The number of amides is 3. The van der Waals surface area contributed by atoms with Crippen LogP contribution in [0, 0.1) is 5.92 Å². The number of ether oxygens (including phenoxy) is 1. The average Bonchev–Trinajstić information content (AvgIpc) is 3.14. The van der Waals surface area contributed by atoms with Gasteiger partial charge in [-0.05, 0) is 54.7 Å². The molecule has 0 unspecified atom stereocenters. The molecule has 50 heavy (non-hydrogen) atoms. The van der Waals surface area contributed by atoms with E-state index >= 15 is 0 Å². The summed E-state index contributed by atoms with van der Waals surface area (Å²) < 4.78 is 31.9. The minimum atomic E-state index is -3.83. The van der Waals surface area contributed by atoms with Crippen LogP contribution in [-0.4, -0.2) is 49.4 Å². The summed E-state index contributed by atoms with van der Waals surface area (Å²) in [4.78, 5) is 38.7. The van der Waals surface area contributed by atoms with Crippen molar-refractivity contribution in [2.24, 2.45) is 5.92 Å². The Balaban J connectivity index is 1.63. The number of rotatable bonds is 22. The summed E-state index contributed by atoms with van der Waals surface area (Å²) in [7, 11) is -2.31. The highest BCUT2D eigenvalue weighted by Gasteiger charge is 2.38. The van der Waals surface area contributed by atoms with Gasteiger partial charge in [-0.15, -0.1) is 0 Å². The molecule has 0 saturated carbocycles. The van der Waals surface area contributed by atoms with Crippen LogP contribution in [0.2, 0.25) is 0 Å². The van der Waals surface area contributed by atoms with Gasteiger partial charge in [-0.25, -0.2) is 4.79 Å². The van der Waals surface area contributed by atoms with E-state index in [2.05, 4.69) is 21.3 Å². The fourth-order valence-electron chi connectivity index (χ4n) is 5.24. The molecule has 0 radical (unpaired) electrons. The van der Waals surface area contributed by atoms with Gasteiger partial charge in [0.2, 0.25) is 11.8 Å². The summed E-state index contributed by atoms with van der Waals surface area (Å²) >= 11 is 0. The normalized spacial score (nSPS) is 13.2. The number of likely N-dealkylation sites (N-methyl/N-ethyl adjacent to an activating group) is 1. The molecule has 0 saturated heterocycles. The number of benzene rings is 3. The lowest BCUT2D eigenvalue weighted by atomic mass is 10.0. The van der Waals surface area contributed by atoms with Gasteiger partial charge in [0, 0.05) is 13.6 Å². The maximum atomic E-state index is 14.5. The molecule has 272 valence electrons. The van der Waals surface area contributed by atoms with Crippen LogP contribution in [0.25, 0.3) is 0 Å². The zero-order valence-corrected chi connectivity index (χ0v) is 30.5. The highest BCUT2D eigenvalue weighted by molar-refractivity contribution is 7.54. The van der Waals surface area contributed by atoms with Gasteiger partial charge in [-0.3, -0.25) is 19.5 Å². The number of alkyl carbamates (subject to hydrolysis) is 1. The van der Waals surface area contributed by atoms with Gasteiger partial charge < -0.3 is 29.7 Å². The van der Waals surface area contributed by atoms with Gasteiger partial charge >= 0.3 is 13.7 Å². The standard InChI is InChI=1S/C38H53N4O7P/c1-5-35(50(46,48-27-31-19-11-7-12-20-31)49-28-32-21-13-8-14-22-32)41-34(25-29(2)3)37(44)42-33(36(43)39-4)23-15-16-24-40-38(45)47-26-30-17-9-6-10-18-30/h6-14,17-22,29,33-35,41H,5,15-16,23-28H2,1-4H3,(H,39,43)(H,40,45)(H,42,44)/t33-,34-,35-/m0/s1. The van der Waals surface area contributed by atoms with Crippen molar-refractivity contribution < 1.29 is 32.7 Å². The molecule has 3 amide bonds. The number of carbonyl (C=O) groups is 3. The van der Waals surface area contributed by atoms with Gasteiger partial charge in [0.15, 0.2) is 0 Å². The predicted molar refractivity (Wildman–Crippen MR) is 195 cm³/mol. The van der Waals surface area contributed by atoms with Crippen LogP contribution < -0.4 is 21.3 Å². The molecule has 0 aliphatic carbocycles. The number of hydrogen-bond donors (Lipinski definition) is 4. The van der Waals surface area contributed by atoms with Crippen molar-refractivity contribution in [1.29, 1.82) is 0 Å². The lowest BCUT2D eigenvalue weighted by molar-refractivity contribution is -0.130. The first-order valence-electron chi connectivity index (χ1n) is 17.3. The zero-order chi connectivity index (χ0) is 36.2. The van der Waals surface area contributed by atoms with Crippen molar-refractivity contribution in [1.82, 2.24) is 21.3 Å². The molecular weight excluding hydrogens is 655 g/mol. The van der Waals surface area contributed by atoms with E-state index in [0.29, 0.717) is 38.6 Å². The zero-order valence-electron chi connectivity index (χ0n) is 29.6. The molecule has 11 nitrogen and oxygen atoms in total. The monoisotopic (exact) mass is 708 g/mol. The predicted octanol–water partition coefficient (Wildman–Crippen LogP) is 6.68. The molecule has 0 aromatic heterocycles. The molecule has 3 atom stereocenters. The van der Waals surface area contributed by atoms with E-state index in [0.717, 1.165) is 16.7 Å². The number of nitrogens with one attached hydrogen (secondary N) is 4. The Morgan fingerprint density at radius 1 is 0.720 bits per heavy atom. The van der Waals surface area contributed by atoms with Crippen molar-refractivity contribution in [3.8, 4) is 0 Å². The first kappa shape index (κ1) is 40.4. The van der Waals surface area contributed by atoms with Crippen LogP contribution in [0.5, 0.6) is 0 Å². The van der Waals surface area contributed by atoms with Crippen LogP contribution in [0.4, 0.5) is 4.79 Å². The van der Waals surface area contributed by atoms with E-state index in [9.17, 15) is 18.9 Å². The summed E-state index contributed by atoms with van der Waals surface area (Å²) in [5.41, 5.74) is 2.58. The number of carbonyl (C=O) groups excluding carboxylic acids is 3. The van der Waals surface area contributed by atoms with E-state index in [-0.39, 0.29) is 37.6 Å². The summed E-state index contributed by atoms with van der Waals surface area (Å²) in [6.07, 6.45) is 1.77. The molecule has 0 aliphatic rings. The number of unbranched alkanes of at least 4 members (excludes halogenated alkanes) is 1. The van der Waals surface area contributed by atoms with Crippen molar-refractivity contribution >= 4 is 25.5 Å². The smallest absolute Gasteiger partial charge is 0.407 e. The largest absolute Gasteiger partial charge is 0.445 e. The fourth-order valence-corrected chi connectivity index (χ4v) is 7.14. The first-order valence-corrected chi connectivity index (χ1v) is 18.9. The van der Waals surface area contributed by atoms with Crippen molar-refractivity contribution in [2.45, 2.75) is 90.6 Å². The third-order valence-electron chi connectivity index (χ3n) is 7.97. The molecule has 0 spiro atoms. The molecule has 0 bridgehead atoms. The average molecular weight is 709 g/mol. The topological polar surface area (TPSA) is 144 Å². The van der Waals surface area contributed by atoms with E-state index in [1.54, 1.807) is 0 Å². The summed E-state index contributed by atoms with van der Waals surface area (Å²) in [6, 6.07) is 26.7. The van der Waals surface area contributed by atoms with Crippen LogP contribution in [0.3, 0.4) is 0 Å². The second-order valence-corrected chi connectivity index (χ2v) is 14.7. The molecule has 4 N–H and O–H groups in total. The molecule has 3 rings (SSSR count). The van der Waals surface area contributed by atoms with Crippen molar-refractivity contribution in [2.75, 3.05) is 13.6 Å². The lowest BCUT2D eigenvalue weighted by Gasteiger charge is -2.31. The molecule has 0 fully saturated rings. The van der Waals surface area contributed by atoms with E-state index in [4.69, 9.17) is 13.8 Å². The highest BCUT2D eigenvalue weighted by Crippen LogP contribution is 2.54. The summed E-state index contributed by atoms with van der Waals surface area (Å²) in [5.74, 6) is -1.40.